The first-order chi connectivity index (χ1) is 7.61. The molecule has 0 aliphatic rings. The van der Waals surface area contributed by atoms with Crippen LogP contribution in [-0.4, -0.2) is 0 Å². The Morgan fingerprint density at radius 3 is 2.65 bits per heavy atom. The highest BCUT2D eigenvalue weighted by atomic mass is 35.5. The second-order valence-electron chi connectivity index (χ2n) is 3.63. The molecule has 92 valence electrons. The molecule has 1 nitrogen and oxygen atoms in total. The lowest BCUT2D eigenvalue weighted by atomic mass is 9.99. The van der Waals surface area contributed by atoms with Gasteiger partial charge in [0.15, 0.2) is 0 Å². The summed E-state index contributed by atoms with van der Waals surface area (Å²) in [5.41, 5.74) is 7.83. The largest absolute Gasteiger partial charge is 0.320 e. The average Bonchev–Trinajstić information content (AvgIpc) is 2.77. The van der Waals surface area contributed by atoms with Crippen molar-refractivity contribution in [2.24, 2.45) is 5.73 Å². The number of hydrogen-bond donors (Lipinski definition) is 1. The lowest BCUT2D eigenvalue weighted by Gasteiger charge is -2.14. The van der Waals surface area contributed by atoms with Crippen molar-refractivity contribution in [1.82, 2.24) is 0 Å². The molecule has 0 bridgehead atoms. The van der Waals surface area contributed by atoms with E-state index in [1.807, 2.05) is 16.8 Å². The standard InChI is InChI=1S/C12H11ClFNS.ClH/c1-7-2-3-9(13)10(11(7)14)12(15)8-4-5-16-6-8;/h2-6,12H,15H2,1H3;1H/t12-;/m1./s1. The Kier molecular flexibility index (Phi) is 4.95. The van der Waals surface area contributed by atoms with E-state index in [1.54, 1.807) is 19.1 Å². The molecule has 1 heterocycles. The first-order valence-corrected chi connectivity index (χ1v) is 6.15. The van der Waals surface area contributed by atoms with Crippen LogP contribution in [0.3, 0.4) is 0 Å². The Labute approximate surface area is 115 Å². The van der Waals surface area contributed by atoms with E-state index in [-0.39, 0.29) is 18.2 Å². The summed E-state index contributed by atoms with van der Waals surface area (Å²) in [6, 6.07) is 4.72. The number of rotatable bonds is 2. The zero-order valence-electron chi connectivity index (χ0n) is 9.11. The molecule has 0 saturated heterocycles. The smallest absolute Gasteiger partial charge is 0.132 e. The molecule has 0 amide bonds. The Hall–Kier alpha value is -0.610. The first-order valence-electron chi connectivity index (χ1n) is 4.83. The third-order valence-electron chi connectivity index (χ3n) is 2.53. The van der Waals surface area contributed by atoms with E-state index in [1.165, 1.54) is 11.3 Å². The Balaban J connectivity index is 0.00000144. The van der Waals surface area contributed by atoms with Crippen molar-refractivity contribution in [3.63, 3.8) is 0 Å². The van der Waals surface area contributed by atoms with Crippen LogP contribution in [-0.2, 0) is 0 Å². The molecule has 2 rings (SSSR count). The van der Waals surface area contributed by atoms with E-state index in [9.17, 15) is 4.39 Å². The monoisotopic (exact) mass is 291 g/mol. The van der Waals surface area contributed by atoms with Crippen molar-refractivity contribution in [3.8, 4) is 0 Å². The lowest BCUT2D eigenvalue weighted by Crippen LogP contribution is -2.14. The second-order valence-corrected chi connectivity index (χ2v) is 4.81. The predicted octanol–water partition coefficient (Wildman–Crippen LogP) is 4.32. The van der Waals surface area contributed by atoms with Gasteiger partial charge in [0.2, 0.25) is 0 Å². The maximum Gasteiger partial charge on any atom is 0.132 e. The molecule has 1 atom stereocenters. The van der Waals surface area contributed by atoms with Crippen LogP contribution in [0.4, 0.5) is 4.39 Å². The molecule has 2 N–H and O–H groups in total. The zero-order valence-corrected chi connectivity index (χ0v) is 11.5. The quantitative estimate of drug-likeness (QED) is 0.876. The van der Waals surface area contributed by atoms with Crippen molar-refractivity contribution >= 4 is 35.3 Å². The molecular formula is C12H12Cl2FNS. The summed E-state index contributed by atoms with van der Waals surface area (Å²) in [5.74, 6) is -0.314. The molecule has 0 fully saturated rings. The molecule has 0 aliphatic carbocycles. The SMILES string of the molecule is Cc1ccc(Cl)c([C@H](N)c2ccsc2)c1F.Cl. The molecule has 5 heteroatoms. The molecule has 0 saturated carbocycles. The van der Waals surface area contributed by atoms with Crippen molar-refractivity contribution in [3.05, 3.63) is 56.5 Å². The fraction of sp³-hybridized carbons (Fsp3) is 0.167. The van der Waals surface area contributed by atoms with E-state index < -0.39 is 6.04 Å². The van der Waals surface area contributed by atoms with Gasteiger partial charge < -0.3 is 5.73 Å². The summed E-state index contributed by atoms with van der Waals surface area (Å²) in [4.78, 5) is 0. The highest BCUT2D eigenvalue weighted by Gasteiger charge is 2.18. The number of halogens is 3. The number of aryl methyl sites for hydroxylation is 1. The van der Waals surface area contributed by atoms with Crippen LogP contribution < -0.4 is 5.73 Å². The van der Waals surface area contributed by atoms with E-state index in [2.05, 4.69) is 0 Å². The number of hydrogen-bond acceptors (Lipinski definition) is 2. The molecule has 0 spiro atoms. The van der Waals surface area contributed by atoms with Gasteiger partial charge in [0.05, 0.1) is 6.04 Å². The molecule has 1 aromatic heterocycles. The molecule has 17 heavy (non-hydrogen) atoms. The molecule has 1 aromatic carbocycles. The van der Waals surface area contributed by atoms with Crippen LogP contribution in [0.5, 0.6) is 0 Å². The van der Waals surface area contributed by atoms with Crippen molar-refractivity contribution < 1.29 is 4.39 Å². The fourth-order valence-electron chi connectivity index (χ4n) is 1.58. The highest BCUT2D eigenvalue weighted by Crippen LogP contribution is 2.31. The van der Waals surface area contributed by atoms with Gasteiger partial charge in [0, 0.05) is 10.6 Å². The molecule has 0 unspecified atom stereocenters. The predicted molar refractivity (Wildman–Crippen MR) is 73.7 cm³/mol. The summed E-state index contributed by atoms with van der Waals surface area (Å²) in [6.07, 6.45) is 0. The zero-order chi connectivity index (χ0) is 11.7. The second kappa shape index (κ2) is 5.83. The van der Waals surface area contributed by atoms with Gasteiger partial charge >= 0.3 is 0 Å². The van der Waals surface area contributed by atoms with Gasteiger partial charge in [-0.15, -0.1) is 12.4 Å². The van der Waals surface area contributed by atoms with E-state index in [4.69, 9.17) is 17.3 Å². The van der Waals surface area contributed by atoms with Crippen molar-refractivity contribution in [1.29, 1.82) is 0 Å². The molecular weight excluding hydrogens is 280 g/mol. The third-order valence-corrected chi connectivity index (χ3v) is 3.56. The van der Waals surface area contributed by atoms with Gasteiger partial charge in [-0.1, -0.05) is 17.7 Å². The normalized spacial score (nSPS) is 12.0. The van der Waals surface area contributed by atoms with Gasteiger partial charge in [-0.25, -0.2) is 4.39 Å². The van der Waals surface area contributed by atoms with Crippen LogP contribution >= 0.6 is 35.3 Å². The molecule has 0 aliphatic heterocycles. The third kappa shape index (κ3) is 2.80. The van der Waals surface area contributed by atoms with Gasteiger partial charge in [-0.2, -0.15) is 11.3 Å². The van der Waals surface area contributed by atoms with Gasteiger partial charge in [-0.3, -0.25) is 0 Å². The van der Waals surface area contributed by atoms with Crippen molar-refractivity contribution in [2.75, 3.05) is 0 Å². The van der Waals surface area contributed by atoms with Gasteiger partial charge in [-0.05, 0) is 40.9 Å². The summed E-state index contributed by atoms with van der Waals surface area (Å²) >= 11 is 7.53. The van der Waals surface area contributed by atoms with E-state index in [0.717, 1.165) is 5.56 Å². The number of thiophene rings is 1. The van der Waals surface area contributed by atoms with Crippen LogP contribution in [0, 0.1) is 12.7 Å². The van der Waals surface area contributed by atoms with Crippen LogP contribution in [0.2, 0.25) is 5.02 Å². The van der Waals surface area contributed by atoms with E-state index in [0.29, 0.717) is 16.1 Å². The van der Waals surface area contributed by atoms with Crippen LogP contribution in [0.15, 0.2) is 29.0 Å². The Morgan fingerprint density at radius 2 is 2.06 bits per heavy atom. The topological polar surface area (TPSA) is 26.0 Å². The Morgan fingerprint density at radius 1 is 1.35 bits per heavy atom. The maximum absolute atomic E-state index is 13.9. The van der Waals surface area contributed by atoms with Crippen molar-refractivity contribution in [2.45, 2.75) is 13.0 Å². The highest BCUT2D eigenvalue weighted by molar-refractivity contribution is 7.08. The van der Waals surface area contributed by atoms with Gasteiger partial charge in [0.25, 0.3) is 0 Å². The minimum atomic E-state index is -0.501. The summed E-state index contributed by atoms with van der Waals surface area (Å²) < 4.78 is 13.9. The van der Waals surface area contributed by atoms with Gasteiger partial charge in [0.1, 0.15) is 5.82 Å². The van der Waals surface area contributed by atoms with Crippen LogP contribution in [0.25, 0.3) is 0 Å². The van der Waals surface area contributed by atoms with Crippen LogP contribution in [0.1, 0.15) is 22.7 Å². The average molecular weight is 292 g/mol. The summed E-state index contributed by atoms with van der Waals surface area (Å²) in [5, 5.41) is 4.20. The summed E-state index contributed by atoms with van der Waals surface area (Å²) in [7, 11) is 0. The minimum Gasteiger partial charge on any atom is -0.320 e. The number of benzene rings is 1. The lowest BCUT2D eigenvalue weighted by molar-refractivity contribution is 0.591. The fourth-order valence-corrected chi connectivity index (χ4v) is 2.54. The molecule has 0 radical (unpaired) electrons. The first kappa shape index (κ1) is 14.5. The Bertz CT molecular complexity index is 499. The minimum absolute atomic E-state index is 0. The number of nitrogens with two attached hydrogens (primary N) is 1. The summed E-state index contributed by atoms with van der Waals surface area (Å²) in [6.45, 7) is 1.70. The maximum atomic E-state index is 13.9. The van der Waals surface area contributed by atoms with E-state index >= 15 is 0 Å². The molecule has 2 aromatic rings.